The summed E-state index contributed by atoms with van der Waals surface area (Å²) in [6.45, 7) is 5.77. The highest BCUT2D eigenvalue weighted by molar-refractivity contribution is 9.10. The summed E-state index contributed by atoms with van der Waals surface area (Å²) in [4.78, 5) is 24.6. The Morgan fingerprint density at radius 3 is 2.44 bits per heavy atom. The summed E-state index contributed by atoms with van der Waals surface area (Å²) in [5, 5.41) is 6.79. The van der Waals surface area contributed by atoms with Crippen molar-refractivity contribution in [3.8, 4) is 17.2 Å². The molecule has 0 unspecified atom stereocenters. The van der Waals surface area contributed by atoms with Crippen molar-refractivity contribution in [3.63, 3.8) is 0 Å². The maximum absolute atomic E-state index is 12.4. The van der Waals surface area contributed by atoms with Crippen molar-refractivity contribution >= 4 is 39.6 Å². The van der Waals surface area contributed by atoms with Gasteiger partial charge < -0.3 is 19.5 Å². The predicted octanol–water partition coefficient (Wildman–Crippen LogP) is 5.11. The standard InChI is InChI=1S/C27H26BrN3O5/c1-4-13-35-24-12-8-20(15-25(24)34-3)27(33)31-29-16-19-7-11-23(22(28)14-19)36-17-26(32)30-21-9-5-18(2)6-10-21/h4-12,14-16H,1,13,17H2,2-3H3,(H,30,32)(H,31,33)/b29-16+. The van der Waals surface area contributed by atoms with Gasteiger partial charge in [0.05, 0.1) is 17.8 Å². The van der Waals surface area contributed by atoms with Gasteiger partial charge in [-0.25, -0.2) is 5.43 Å². The first-order valence-corrected chi connectivity index (χ1v) is 11.7. The van der Waals surface area contributed by atoms with Gasteiger partial charge in [0.1, 0.15) is 12.4 Å². The van der Waals surface area contributed by atoms with Gasteiger partial charge in [-0.2, -0.15) is 5.10 Å². The highest BCUT2D eigenvalue weighted by atomic mass is 79.9. The molecule has 0 aliphatic heterocycles. The van der Waals surface area contributed by atoms with Gasteiger partial charge in [0.2, 0.25) is 0 Å². The van der Waals surface area contributed by atoms with Gasteiger partial charge in [0, 0.05) is 11.3 Å². The molecule has 0 bridgehead atoms. The molecule has 0 saturated heterocycles. The Hall–Kier alpha value is -4.11. The van der Waals surface area contributed by atoms with Crippen LogP contribution in [-0.4, -0.2) is 38.4 Å². The van der Waals surface area contributed by atoms with Crippen molar-refractivity contribution in [2.75, 3.05) is 25.6 Å². The molecule has 0 saturated carbocycles. The average Bonchev–Trinajstić information content (AvgIpc) is 2.88. The summed E-state index contributed by atoms with van der Waals surface area (Å²) in [6, 6.07) is 17.6. The smallest absolute Gasteiger partial charge is 0.271 e. The monoisotopic (exact) mass is 551 g/mol. The van der Waals surface area contributed by atoms with Crippen molar-refractivity contribution in [1.82, 2.24) is 5.43 Å². The minimum Gasteiger partial charge on any atom is -0.493 e. The molecule has 0 spiro atoms. The second-order valence-electron chi connectivity index (χ2n) is 7.56. The van der Waals surface area contributed by atoms with Crippen LogP contribution in [0, 0.1) is 6.92 Å². The van der Waals surface area contributed by atoms with Crippen LogP contribution in [0.15, 0.2) is 82.9 Å². The van der Waals surface area contributed by atoms with E-state index in [1.807, 2.05) is 31.2 Å². The molecule has 186 valence electrons. The molecule has 8 nitrogen and oxygen atoms in total. The Kier molecular flexibility index (Phi) is 9.64. The molecule has 9 heteroatoms. The van der Waals surface area contributed by atoms with Crippen LogP contribution in [-0.2, 0) is 4.79 Å². The normalized spacial score (nSPS) is 10.5. The Bertz CT molecular complexity index is 1260. The fourth-order valence-corrected chi connectivity index (χ4v) is 3.51. The number of nitrogens with zero attached hydrogens (tertiary/aromatic N) is 1. The van der Waals surface area contributed by atoms with Crippen molar-refractivity contribution < 1.29 is 23.8 Å². The summed E-state index contributed by atoms with van der Waals surface area (Å²) < 4.78 is 17.0. The molecular formula is C27H26BrN3O5. The second-order valence-corrected chi connectivity index (χ2v) is 8.41. The molecule has 36 heavy (non-hydrogen) atoms. The minimum atomic E-state index is -0.404. The fourth-order valence-electron chi connectivity index (χ4n) is 3.00. The molecule has 0 aromatic heterocycles. The summed E-state index contributed by atoms with van der Waals surface area (Å²) >= 11 is 3.43. The van der Waals surface area contributed by atoms with Gasteiger partial charge in [-0.3, -0.25) is 9.59 Å². The van der Waals surface area contributed by atoms with Crippen molar-refractivity contribution in [2.45, 2.75) is 6.92 Å². The van der Waals surface area contributed by atoms with E-state index in [0.717, 1.165) is 5.56 Å². The van der Waals surface area contributed by atoms with Gasteiger partial charge in [-0.05, 0) is 76.9 Å². The number of ether oxygens (including phenoxy) is 3. The highest BCUT2D eigenvalue weighted by Gasteiger charge is 2.11. The number of benzene rings is 3. The summed E-state index contributed by atoms with van der Waals surface area (Å²) in [5.74, 6) is 0.772. The lowest BCUT2D eigenvalue weighted by Gasteiger charge is -2.10. The molecule has 0 aliphatic rings. The van der Waals surface area contributed by atoms with E-state index in [-0.39, 0.29) is 12.5 Å². The van der Waals surface area contributed by atoms with Gasteiger partial charge >= 0.3 is 0 Å². The highest BCUT2D eigenvalue weighted by Crippen LogP contribution is 2.28. The molecule has 0 atom stereocenters. The third-order valence-corrected chi connectivity index (χ3v) is 5.43. The zero-order valence-electron chi connectivity index (χ0n) is 19.9. The number of rotatable bonds is 11. The van der Waals surface area contributed by atoms with Gasteiger partial charge in [0.15, 0.2) is 18.1 Å². The van der Waals surface area contributed by atoms with Crippen molar-refractivity contribution in [1.29, 1.82) is 0 Å². The Labute approximate surface area is 218 Å². The zero-order valence-corrected chi connectivity index (χ0v) is 21.5. The van der Waals surface area contributed by atoms with E-state index >= 15 is 0 Å². The van der Waals surface area contributed by atoms with E-state index in [1.165, 1.54) is 13.3 Å². The molecule has 0 fully saturated rings. The number of amides is 2. The number of halogens is 1. The maximum atomic E-state index is 12.4. The third-order valence-electron chi connectivity index (χ3n) is 4.81. The Morgan fingerprint density at radius 1 is 1.00 bits per heavy atom. The van der Waals surface area contributed by atoms with Crippen LogP contribution in [0.2, 0.25) is 0 Å². The number of carbonyl (C=O) groups excluding carboxylic acids is 2. The van der Waals surface area contributed by atoms with E-state index in [4.69, 9.17) is 14.2 Å². The summed E-state index contributed by atoms with van der Waals surface area (Å²) in [5.41, 5.74) is 5.37. The van der Waals surface area contributed by atoms with Crippen LogP contribution in [0.5, 0.6) is 17.2 Å². The summed E-state index contributed by atoms with van der Waals surface area (Å²) in [6.07, 6.45) is 3.12. The maximum Gasteiger partial charge on any atom is 0.271 e. The zero-order chi connectivity index (χ0) is 25.9. The molecule has 0 heterocycles. The van der Waals surface area contributed by atoms with Gasteiger partial charge in [-0.1, -0.05) is 30.4 Å². The molecule has 3 aromatic carbocycles. The number of methoxy groups -OCH3 is 1. The number of nitrogens with one attached hydrogen (secondary N) is 2. The van der Waals surface area contributed by atoms with Crippen LogP contribution in [0.25, 0.3) is 0 Å². The van der Waals surface area contributed by atoms with E-state index in [2.05, 4.69) is 38.4 Å². The molecule has 0 radical (unpaired) electrons. The average molecular weight is 552 g/mol. The number of carbonyl (C=O) groups is 2. The number of anilines is 1. The Balaban J connectivity index is 1.53. The number of hydrogen-bond donors (Lipinski definition) is 2. The first kappa shape index (κ1) is 26.5. The van der Waals surface area contributed by atoms with Crippen LogP contribution < -0.4 is 25.0 Å². The first-order chi connectivity index (χ1) is 17.4. The van der Waals surface area contributed by atoms with E-state index in [9.17, 15) is 9.59 Å². The quantitative estimate of drug-likeness (QED) is 0.196. The molecule has 2 amide bonds. The molecular weight excluding hydrogens is 526 g/mol. The molecule has 2 N–H and O–H groups in total. The van der Waals surface area contributed by atoms with Crippen LogP contribution in [0.3, 0.4) is 0 Å². The molecule has 0 aliphatic carbocycles. The Morgan fingerprint density at radius 2 is 1.75 bits per heavy atom. The van der Waals surface area contributed by atoms with Crippen molar-refractivity contribution in [3.05, 3.63) is 94.5 Å². The van der Waals surface area contributed by atoms with Crippen LogP contribution in [0.1, 0.15) is 21.5 Å². The van der Waals surface area contributed by atoms with Crippen LogP contribution in [0.4, 0.5) is 5.69 Å². The number of aryl methyl sites for hydroxylation is 1. The van der Waals surface area contributed by atoms with Gasteiger partial charge in [0.25, 0.3) is 11.8 Å². The van der Waals surface area contributed by atoms with E-state index in [0.29, 0.717) is 45.1 Å². The van der Waals surface area contributed by atoms with Crippen molar-refractivity contribution in [2.24, 2.45) is 5.10 Å². The SMILES string of the molecule is C=CCOc1ccc(C(=O)N/N=C/c2ccc(OCC(=O)Nc3ccc(C)cc3)c(Br)c2)cc1OC. The lowest BCUT2D eigenvalue weighted by molar-refractivity contribution is -0.118. The largest absolute Gasteiger partial charge is 0.493 e. The van der Waals surface area contributed by atoms with E-state index < -0.39 is 5.91 Å². The minimum absolute atomic E-state index is 0.142. The number of hydrazone groups is 1. The topological polar surface area (TPSA) is 98.3 Å². The third kappa shape index (κ3) is 7.71. The fraction of sp³-hybridized carbons (Fsp3) is 0.148. The van der Waals surface area contributed by atoms with E-state index in [1.54, 1.807) is 42.5 Å². The number of hydrogen-bond acceptors (Lipinski definition) is 6. The predicted molar refractivity (Wildman–Crippen MR) is 143 cm³/mol. The van der Waals surface area contributed by atoms with Gasteiger partial charge in [-0.15, -0.1) is 0 Å². The first-order valence-electron chi connectivity index (χ1n) is 10.9. The molecule has 3 rings (SSSR count). The lowest BCUT2D eigenvalue weighted by Crippen LogP contribution is -2.20. The van der Waals surface area contributed by atoms with Crippen LogP contribution >= 0.6 is 15.9 Å². The second kappa shape index (κ2) is 13.1. The molecule has 3 aromatic rings. The lowest BCUT2D eigenvalue weighted by atomic mass is 10.2. The summed E-state index contributed by atoms with van der Waals surface area (Å²) in [7, 11) is 1.50.